The van der Waals surface area contributed by atoms with Gasteiger partial charge in [-0.3, -0.25) is 4.79 Å². The number of nitrogens with two attached hydrogens (primary N) is 1. The highest BCUT2D eigenvalue weighted by atomic mass is 79.9. The van der Waals surface area contributed by atoms with Gasteiger partial charge in [-0.15, -0.1) is 0 Å². The minimum Gasteiger partial charge on any atom is -0.541 e. The molecular formula is C9H7BrNO3-. The second kappa shape index (κ2) is 3.79. The lowest BCUT2D eigenvalue weighted by Crippen LogP contribution is -2.32. The topological polar surface area (TPSA) is 83.2 Å². The number of nitrogen functional groups attached to an aromatic ring is 1. The summed E-state index contributed by atoms with van der Waals surface area (Å²) < 4.78 is 0.727. The van der Waals surface area contributed by atoms with Gasteiger partial charge in [0.25, 0.3) is 0 Å². The minimum absolute atomic E-state index is 0.0364. The monoisotopic (exact) mass is 256 g/mol. The lowest BCUT2D eigenvalue weighted by molar-refractivity contribution is -0.296. The SMILES string of the molecule is Cc1cc(C(=O)C(=O)[O-])c(N)cc1Br. The number of benzene rings is 1. The third-order valence-electron chi connectivity index (χ3n) is 1.76. The molecule has 0 aliphatic carbocycles. The molecule has 0 heterocycles. The molecule has 0 aliphatic heterocycles. The van der Waals surface area contributed by atoms with Gasteiger partial charge in [-0.1, -0.05) is 15.9 Å². The third kappa shape index (κ3) is 1.93. The van der Waals surface area contributed by atoms with E-state index in [1.54, 1.807) is 6.92 Å². The van der Waals surface area contributed by atoms with E-state index in [4.69, 9.17) is 5.73 Å². The summed E-state index contributed by atoms with van der Waals surface area (Å²) in [4.78, 5) is 21.4. The average molecular weight is 257 g/mol. The summed E-state index contributed by atoms with van der Waals surface area (Å²) in [6, 6.07) is 2.91. The summed E-state index contributed by atoms with van der Waals surface area (Å²) in [5.41, 5.74) is 6.31. The fourth-order valence-electron chi connectivity index (χ4n) is 1.00. The number of carboxylic acids is 1. The molecule has 0 saturated heterocycles. The van der Waals surface area contributed by atoms with Gasteiger partial charge in [-0.25, -0.2) is 0 Å². The highest BCUT2D eigenvalue weighted by molar-refractivity contribution is 9.10. The van der Waals surface area contributed by atoms with Crippen molar-refractivity contribution in [2.75, 3.05) is 5.73 Å². The minimum atomic E-state index is -1.75. The maximum Gasteiger partial charge on any atom is 0.210 e. The van der Waals surface area contributed by atoms with Crippen LogP contribution in [-0.4, -0.2) is 11.8 Å². The van der Waals surface area contributed by atoms with E-state index in [9.17, 15) is 14.7 Å². The lowest BCUT2D eigenvalue weighted by Gasteiger charge is -2.07. The first-order valence-corrected chi connectivity index (χ1v) is 4.54. The van der Waals surface area contributed by atoms with Crippen LogP contribution in [0, 0.1) is 6.92 Å². The molecule has 0 aliphatic rings. The Morgan fingerprint density at radius 3 is 2.50 bits per heavy atom. The molecule has 14 heavy (non-hydrogen) atoms. The van der Waals surface area contributed by atoms with Crippen molar-refractivity contribution in [1.82, 2.24) is 0 Å². The third-order valence-corrected chi connectivity index (χ3v) is 2.62. The molecule has 0 fully saturated rings. The van der Waals surface area contributed by atoms with Crippen molar-refractivity contribution in [1.29, 1.82) is 0 Å². The average Bonchev–Trinajstić information content (AvgIpc) is 2.10. The number of aliphatic carboxylic acids is 1. The van der Waals surface area contributed by atoms with Crippen LogP contribution < -0.4 is 10.8 Å². The Kier molecular flexibility index (Phi) is 2.90. The number of ketones is 1. The Morgan fingerprint density at radius 1 is 1.43 bits per heavy atom. The van der Waals surface area contributed by atoms with Gasteiger partial charge in [0.05, 0.1) is 0 Å². The fraction of sp³-hybridized carbons (Fsp3) is 0.111. The number of carbonyl (C=O) groups is 2. The van der Waals surface area contributed by atoms with Crippen LogP contribution >= 0.6 is 15.9 Å². The molecule has 5 heteroatoms. The molecule has 2 N–H and O–H groups in total. The maximum absolute atomic E-state index is 11.1. The van der Waals surface area contributed by atoms with E-state index < -0.39 is 11.8 Å². The number of Topliss-reactive ketones (excluding diaryl/α,β-unsaturated/α-hetero) is 1. The molecule has 1 rings (SSSR count). The van der Waals surface area contributed by atoms with Crippen LogP contribution in [0.4, 0.5) is 5.69 Å². The molecule has 4 nitrogen and oxygen atoms in total. The summed E-state index contributed by atoms with van der Waals surface area (Å²) in [5.74, 6) is -2.85. The Morgan fingerprint density at radius 2 is 2.00 bits per heavy atom. The second-order valence-electron chi connectivity index (χ2n) is 2.81. The number of carboxylic acid groups (broad SMARTS) is 1. The number of anilines is 1. The van der Waals surface area contributed by atoms with Crippen LogP contribution in [0.1, 0.15) is 15.9 Å². The van der Waals surface area contributed by atoms with Crippen molar-refractivity contribution in [2.24, 2.45) is 0 Å². The zero-order chi connectivity index (χ0) is 10.9. The first kappa shape index (κ1) is 10.7. The van der Waals surface area contributed by atoms with Crippen LogP contribution in [-0.2, 0) is 4.79 Å². The molecule has 1 aromatic rings. The number of hydrogen-bond donors (Lipinski definition) is 1. The highest BCUT2D eigenvalue weighted by Gasteiger charge is 2.12. The Hall–Kier alpha value is -1.36. The summed E-state index contributed by atoms with van der Waals surface area (Å²) in [6.45, 7) is 1.73. The van der Waals surface area contributed by atoms with E-state index in [1.165, 1.54) is 12.1 Å². The molecule has 0 bridgehead atoms. The number of carbonyl (C=O) groups excluding carboxylic acids is 2. The second-order valence-corrected chi connectivity index (χ2v) is 3.66. The van der Waals surface area contributed by atoms with Gasteiger partial charge in [0.2, 0.25) is 5.78 Å². The van der Waals surface area contributed by atoms with Crippen molar-refractivity contribution in [2.45, 2.75) is 6.92 Å². The summed E-state index contributed by atoms with van der Waals surface area (Å²) >= 11 is 3.21. The molecule has 0 atom stereocenters. The number of hydrogen-bond acceptors (Lipinski definition) is 4. The zero-order valence-corrected chi connectivity index (χ0v) is 8.92. The fourth-order valence-corrected chi connectivity index (χ4v) is 1.36. The van der Waals surface area contributed by atoms with E-state index in [1.807, 2.05) is 0 Å². The lowest BCUT2D eigenvalue weighted by atomic mass is 10.1. The highest BCUT2D eigenvalue weighted by Crippen LogP contribution is 2.23. The van der Waals surface area contributed by atoms with Crippen LogP contribution in [0.3, 0.4) is 0 Å². The van der Waals surface area contributed by atoms with Gasteiger partial charge in [-0.05, 0) is 24.6 Å². The van der Waals surface area contributed by atoms with Crippen molar-refractivity contribution >= 4 is 33.4 Å². The van der Waals surface area contributed by atoms with E-state index >= 15 is 0 Å². The largest absolute Gasteiger partial charge is 0.541 e. The van der Waals surface area contributed by atoms with E-state index in [2.05, 4.69) is 15.9 Å². The molecule has 0 unspecified atom stereocenters. The van der Waals surface area contributed by atoms with Gasteiger partial charge in [-0.2, -0.15) is 0 Å². The van der Waals surface area contributed by atoms with E-state index in [0.717, 1.165) is 10.0 Å². The first-order chi connectivity index (χ1) is 6.43. The number of halogens is 1. The Balaban J connectivity index is 3.29. The Bertz CT molecular complexity index is 415. The van der Waals surface area contributed by atoms with Crippen LogP contribution in [0.5, 0.6) is 0 Å². The summed E-state index contributed by atoms with van der Waals surface area (Å²) in [7, 11) is 0. The summed E-state index contributed by atoms with van der Waals surface area (Å²) in [6.07, 6.45) is 0. The standard InChI is InChI=1S/C9H8BrNO3/c1-4-2-5(8(12)9(13)14)7(11)3-6(4)10/h2-3H,11H2,1H3,(H,13,14)/p-1. The molecule has 1 aromatic carbocycles. The van der Waals surface area contributed by atoms with Crippen molar-refractivity contribution < 1.29 is 14.7 Å². The number of aryl methyl sites for hydroxylation is 1. The van der Waals surface area contributed by atoms with Gasteiger partial charge in [0, 0.05) is 15.7 Å². The first-order valence-electron chi connectivity index (χ1n) is 3.74. The van der Waals surface area contributed by atoms with Crippen LogP contribution in [0.25, 0.3) is 0 Å². The van der Waals surface area contributed by atoms with E-state index in [-0.39, 0.29) is 11.3 Å². The number of rotatable bonds is 2. The molecule has 0 saturated carbocycles. The molecule has 0 spiro atoms. The van der Waals surface area contributed by atoms with Gasteiger partial charge >= 0.3 is 0 Å². The summed E-state index contributed by atoms with van der Waals surface area (Å²) in [5, 5.41) is 10.3. The van der Waals surface area contributed by atoms with Crippen molar-refractivity contribution in [3.8, 4) is 0 Å². The molecule has 0 aromatic heterocycles. The van der Waals surface area contributed by atoms with Crippen molar-refractivity contribution in [3.05, 3.63) is 27.7 Å². The van der Waals surface area contributed by atoms with Crippen LogP contribution in [0.15, 0.2) is 16.6 Å². The van der Waals surface area contributed by atoms with Gasteiger partial charge in [0.15, 0.2) is 0 Å². The van der Waals surface area contributed by atoms with Gasteiger partial charge in [0.1, 0.15) is 5.97 Å². The quantitative estimate of drug-likeness (QED) is 0.468. The Labute approximate surface area is 88.9 Å². The smallest absolute Gasteiger partial charge is 0.210 e. The van der Waals surface area contributed by atoms with Crippen LogP contribution in [0.2, 0.25) is 0 Å². The predicted octanol–water partition coefficient (Wildman–Crippen LogP) is 0.272. The predicted molar refractivity (Wildman–Crippen MR) is 52.6 cm³/mol. The van der Waals surface area contributed by atoms with E-state index in [0.29, 0.717) is 0 Å². The molecule has 74 valence electrons. The normalized spacial score (nSPS) is 9.86. The molecular weight excluding hydrogens is 250 g/mol. The maximum atomic E-state index is 11.1. The van der Waals surface area contributed by atoms with Gasteiger partial charge < -0.3 is 15.6 Å². The molecule has 0 radical (unpaired) electrons. The zero-order valence-electron chi connectivity index (χ0n) is 7.33. The van der Waals surface area contributed by atoms with Crippen molar-refractivity contribution in [3.63, 3.8) is 0 Å². The molecule has 0 amide bonds.